The highest BCUT2D eigenvalue weighted by Crippen LogP contribution is 2.23. The van der Waals surface area contributed by atoms with Crippen LogP contribution in [0.5, 0.6) is 0 Å². The lowest BCUT2D eigenvalue weighted by molar-refractivity contribution is 0.601. The van der Waals surface area contributed by atoms with Crippen LogP contribution in [0.4, 0.5) is 5.69 Å². The van der Waals surface area contributed by atoms with Crippen LogP contribution < -0.4 is 4.72 Å². The minimum Gasteiger partial charge on any atom is -0.280 e. The molecule has 0 unspecified atom stereocenters. The van der Waals surface area contributed by atoms with Crippen molar-refractivity contribution in [3.8, 4) is 5.69 Å². The van der Waals surface area contributed by atoms with E-state index in [2.05, 4.69) is 20.2 Å². The normalized spacial score (nSPS) is 11.6. The van der Waals surface area contributed by atoms with Crippen molar-refractivity contribution in [2.45, 2.75) is 11.8 Å². The topological polar surface area (TPSA) is 89.8 Å². The second-order valence-corrected chi connectivity index (χ2v) is 7.55. The Labute approximate surface area is 150 Å². The smallest absolute Gasteiger partial charge is 0.261 e. The van der Waals surface area contributed by atoms with Gasteiger partial charge in [-0.15, -0.1) is 5.10 Å². The summed E-state index contributed by atoms with van der Waals surface area (Å²) < 4.78 is 29.6. The second kappa shape index (κ2) is 6.23. The van der Waals surface area contributed by atoms with Crippen molar-refractivity contribution in [1.29, 1.82) is 0 Å². The van der Waals surface area contributed by atoms with E-state index < -0.39 is 10.0 Å². The molecule has 0 bridgehead atoms. The molecule has 130 valence electrons. The van der Waals surface area contributed by atoms with Crippen LogP contribution in [0.2, 0.25) is 0 Å². The van der Waals surface area contributed by atoms with Crippen molar-refractivity contribution in [2.75, 3.05) is 4.72 Å². The highest BCUT2D eigenvalue weighted by Gasteiger charge is 2.15. The maximum atomic E-state index is 12.7. The molecule has 0 fully saturated rings. The summed E-state index contributed by atoms with van der Waals surface area (Å²) in [4.78, 5) is 0.221. The van der Waals surface area contributed by atoms with E-state index in [0.717, 1.165) is 22.0 Å². The van der Waals surface area contributed by atoms with Crippen LogP contribution in [0.3, 0.4) is 0 Å². The van der Waals surface area contributed by atoms with Gasteiger partial charge in [-0.05, 0) is 64.0 Å². The minimum atomic E-state index is -3.69. The Morgan fingerprint density at radius 2 is 1.77 bits per heavy atom. The highest BCUT2D eigenvalue weighted by molar-refractivity contribution is 7.92. The van der Waals surface area contributed by atoms with E-state index in [1.165, 1.54) is 11.0 Å². The van der Waals surface area contributed by atoms with Crippen LogP contribution >= 0.6 is 0 Å². The Morgan fingerprint density at radius 1 is 0.962 bits per heavy atom. The molecule has 8 heteroatoms. The van der Waals surface area contributed by atoms with E-state index in [1.54, 1.807) is 36.4 Å². The van der Waals surface area contributed by atoms with Crippen LogP contribution in [0.1, 0.15) is 5.56 Å². The largest absolute Gasteiger partial charge is 0.280 e. The molecular weight excluding hydrogens is 350 g/mol. The third-order valence-electron chi connectivity index (χ3n) is 4.08. The average Bonchev–Trinajstić information content (AvgIpc) is 3.15. The number of nitrogens with zero attached hydrogens (tertiary/aromatic N) is 4. The Hall–Kier alpha value is -3.26. The number of fused-ring (bicyclic) bond motifs is 1. The van der Waals surface area contributed by atoms with Gasteiger partial charge < -0.3 is 0 Å². The lowest BCUT2D eigenvalue weighted by Gasteiger charge is -2.11. The number of rotatable bonds is 4. The molecule has 3 aromatic carbocycles. The van der Waals surface area contributed by atoms with Crippen LogP contribution in [-0.2, 0) is 10.0 Å². The summed E-state index contributed by atoms with van der Waals surface area (Å²) in [6.07, 6.45) is 1.49. The van der Waals surface area contributed by atoms with Gasteiger partial charge in [0.05, 0.1) is 10.6 Å². The molecule has 0 aliphatic carbocycles. The molecule has 0 spiro atoms. The van der Waals surface area contributed by atoms with Crippen molar-refractivity contribution in [1.82, 2.24) is 20.2 Å². The third-order valence-corrected chi connectivity index (χ3v) is 5.46. The zero-order chi connectivity index (χ0) is 18.1. The van der Waals surface area contributed by atoms with Gasteiger partial charge in [0.25, 0.3) is 10.0 Å². The van der Waals surface area contributed by atoms with Gasteiger partial charge in [-0.2, -0.15) is 0 Å². The van der Waals surface area contributed by atoms with Crippen LogP contribution in [0.15, 0.2) is 71.9 Å². The molecule has 1 N–H and O–H groups in total. The van der Waals surface area contributed by atoms with E-state index in [1.807, 2.05) is 31.2 Å². The summed E-state index contributed by atoms with van der Waals surface area (Å²) in [7, 11) is -3.69. The van der Waals surface area contributed by atoms with E-state index in [9.17, 15) is 8.42 Å². The Bertz CT molecular complexity index is 1190. The molecule has 0 atom stereocenters. The molecular formula is C18H15N5O2S. The quantitative estimate of drug-likeness (QED) is 0.600. The third kappa shape index (κ3) is 3.02. The molecule has 0 saturated carbocycles. The molecule has 1 aromatic heterocycles. The summed E-state index contributed by atoms with van der Waals surface area (Å²) in [5.74, 6) is 0. The lowest BCUT2D eigenvalue weighted by Crippen LogP contribution is -2.13. The number of tetrazole rings is 1. The highest BCUT2D eigenvalue weighted by atomic mass is 32.2. The number of hydrogen-bond acceptors (Lipinski definition) is 5. The molecule has 7 nitrogen and oxygen atoms in total. The number of nitrogens with one attached hydrogen (secondary N) is 1. The maximum absolute atomic E-state index is 12.7. The fraction of sp³-hybridized carbons (Fsp3) is 0.0556. The number of benzene rings is 3. The zero-order valence-corrected chi connectivity index (χ0v) is 14.7. The zero-order valence-electron chi connectivity index (χ0n) is 13.9. The molecule has 4 aromatic rings. The first kappa shape index (κ1) is 16.2. The standard InChI is InChI=1S/C18H15N5O2S/c1-13-10-16(7-9-18(13)23-12-19-21-22-23)20-26(24,25)17-8-6-14-4-2-3-5-15(14)11-17/h2-12,20H,1H3. The first-order valence-electron chi connectivity index (χ1n) is 7.89. The van der Waals surface area contributed by atoms with E-state index in [4.69, 9.17) is 0 Å². The van der Waals surface area contributed by atoms with Crippen molar-refractivity contribution >= 4 is 26.5 Å². The average molecular weight is 365 g/mol. The van der Waals surface area contributed by atoms with Gasteiger partial charge in [0.2, 0.25) is 0 Å². The summed E-state index contributed by atoms with van der Waals surface area (Å²) >= 11 is 0. The summed E-state index contributed by atoms with van der Waals surface area (Å²) in [6.45, 7) is 1.87. The van der Waals surface area contributed by atoms with Gasteiger partial charge in [-0.3, -0.25) is 4.72 Å². The minimum absolute atomic E-state index is 0.221. The van der Waals surface area contributed by atoms with Crippen molar-refractivity contribution in [3.05, 3.63) is 72.6 Å². The first-order chi connectivity index (χ1) is 12.5. The van der Waals surface area contributed by atoms with Crippen LogP contribution in [0, 0.1) is 6.92 Å². The van der Waals surface area contributed by atoms with Crippen LogP contribution in [-0.4, -0.2) is 28.6 Å². The maximum Gasteiger partial charge on any atom is 0.261 e. The van der Waals surface area contributed by atoms with E-state index in [0.29, 0.717) is 5.69 Å². The Balaban J connectivity index is 1.65. The van der Waals surface area contributed by atoms with Crippen molar-refractivity contribution < 1.29 is 8.42 Å². The van der Waals surface area contributed by atoms with E-state index in [-0.39, 0.29) is 4.90 Å². The number of aromatic nitrogens is 4. The van der Waals surface area contributed by atoms with Gasteiger partial charge in [0.15, 0.2) is 0 Å². The number of sulfonamides is 1. The summed E-state index contributed by atoms with van der Waals surface area (Å²) in [5, 5.41) is 12.9. The first-order valence-corrected chi connectivity index (χ1v) is 9.37. The fourth-order valence-electron chi connectivity index (χ4n) is 2.80. The van der Waals surface area contributed by atoms with Crippen molar-refractivity contribution in [2.24, 2.45) is 0 Å². The predicted octanol–water partition coefficient (Wildman–Crippen LogP) is 2.92. The molecule has 0 aliphatic heterocycles. The lowest BCUT2D eigenvalue weighted by atomic mass is 10.1. The molecule has 0 amide bonds. The fourth-order valence-corrected chi connectivity index (χ4v) is 3.88. The Morgan fingerprint density at radius 3 is 2.50 bits per heavy atom. The summed E-state index contributed by atoms with van der Waals surface area (Å²) in [6, 6.07) is 17.9. The number of anilines is 1. The van der Waals surface area contributed by atoms with Gasteiger partial charge in [-0.25, -0.2) is 13.1 Å². The number of aryl methyl sites for hydroxylation is 1. The second-order valence-electron chi connectivity index (χ2n) is 5.87. The van der Waals surface area contributed by atoms with Gasteiger partial charge in [0, 0.05) is 5.69 Å². The van der Waals surface area contributed by atoms with Crippen LogP contribution in [0.25, 0.3) is 16.5 Å². The molecule has 0 aliphatic rings. The summed E-state index contributed by atoms with van der Waals surface area (Å²) in [5.41, 5.74) is 2.10. The van der Waals surface area contributed by atoms with Crippen molar-refractivity contribution in [3.63, 3.8) is 0 Å². The number of hydrogen-bond donors (Lipinski definition) is 1. The SMILES string of the molecule is Cc1cc(NS(=O)(=O)c2ccc3ccccc3c2)ccc1-n1cnnn1. The van der Waals surface area contributed by atoms with Gasteiger partial charge in [0.1, 0.15) is 6.33 Å². The molecule has 1 heterocycles. The van der Waals surface area contributed by atoms with E-state index >= 15 is 0 Å². The van der Waals surface area contributed by atoms with Gasteiger partial charge in [-0.1, -0.05) is 30.3 Å². The Kier molecular flexibility index (Phi) is 3.89. The van der Waals surface area contributed by atoms with Gasteiger partial charge >= 0.3 is 0 Å². The molecule has 4 rings (SSSR count). The predicted molar refractivity (Wildman–Crippen MR) is 98.6 cm³/mol. The molecule has 26 heavy (non-hydrogen) atoms. The monoisotopic (exact) mass is 365 g/mol. The molecule has 0 radical (unpaired) electrons. The molecule has 0 saturated heterocycles.